The number of amides is 1. The topological polar surface area (TPSA) is 79.8 Å². The van der Waals surface area contributed by atoms with Crippen molar-refractivity contribution in [3.63, 3.8) is 0 Å². The van der Waals surface area contributed by atoms with Crippen molar-refractivity contribution in [1.82, 2.24) is 4.37 Å². The van der Waals surface area contributed by atoms with Gasteiger partial charge in [-0.15, -0.1) is 23.5 Å². The molecule has 1 aromatic rings. The van der Waals surface area contributed by atoms with Crippen LogP contribution in [0.15, 0.2) is 9.24 Å². The summed E-state index contributed by atoms with van der Waals surface area (Å²) in [6.45, 7) is 0. The first kappa shape index (κ1) is 11.4. The summed E-state index contributed by atoms with van der Waals surface area (Å²) in [5.41, 5.74) is 5.56. The van der Waals surface area contributed by atoms with Gasteiger partial charge in [-0.2, -0.15) is 9.64 Å². The maximum absolute atomic E-state index is 10.5. The van der Waals surface area contributed by atoms with Crippen LogP contribution >= 0.6 is 35.1 Å². The van der Waals surface area contributed by atoms with Crippen molar-refractivity contribution in [3.8, 4) is 6.07 Å². The zero-order valence-corrected chi connectivity index (χ0v) is 9.76. The molecule has 14 heavy (non-hydrogen) atoms. The Balaban J connectivity index is 2.82. The van der Waals surface area contributed by atoms with Gasteiger partial charge >= 0.3 is 0 Å². The Morgan fingerprint density at radius 1 is 1.79 bits per heavy atom. The minimum absolute atomic E-state index is 0.185. The van der Waals surface area contributed by atoms with Gasteiger partial charge in [-0.1, -0.05) is 0 Å². The highest BCUT2D eigenvalue weighted by Gasteiger charge is 2.13. The number of thioether (sulfide) groups is 2. The van der Waals surface area contributed by atoms with Crippen LogP contribution in [0.4, 0.5) is 0 Å². The summed E-state index contributed by atoms with van der Waals surface area (Å²) < 4.78 is 4.85. The molecule has 0 aliphatic carbocycles. The van der Waals surface area contributed by atoms with Crippen molar-refractivity contribution in [2.45, 2.75) is 9.24 Å². The average molecular weight is 245 g/mol. The molecule has 2 N–H and O–H groups in total. The molecule has 0 atom stereocenters. The Hall–Kier alpha value is -0.710. The third-order valence-corrected chi connectivity index (χ3v) is 4.19. The zero-order chi connectivity index (χ0) is 10.6. The molecule has 0 aromatic carbocycles. The minimum Gasteiger partial charge on any atom is -0.369 e. The highest BCUT2D eigenvalue weighted by atomic mass is 32.2. The molecule has 0 radical (unpaired) electrons. The first-order chi connectivity index (χ1) is 6.69. The van der Waals surface area contributed by atoms with E-state index in [2.05, 4.69) is 10.4 Å². The molecular formula is C7H7N3OS3. The molecule has 0 fully saturated rings. The van der Waals surface area contributed by atoms with Gasteiger partial charge in [0.1, 0.15) is 20.9 Å². The van der Waals surface area contributed by atoms with Crippen molar-refractivity contribution in [3.05, 3.63) is 5.56 Å². The summed E-state index contributed by atoms with van der Waals surface area (Å²) in [6, 6.07) is 2.07. The maximum atomic E-state index is 10.5. The van der Waals surface area contributed by atoms with E-state index in [-0.39, 0.29) is 5.75 Å². The van der Waals surface area contributed by atoms with E-state index in [1.54, 1.807) is 0 Å². The van der Waals surface area contributed by atoms with Crippen LogP contribution in [0.25, 0.3) is 0 Å². The summed E-state index contributed by atoms with van der Waals surface area (Å²) in [5, 5.41) is 9.57. The van der Waals surface area contributed by atoms with E-state index in [9.17, 15) is 4.79 Å². The monoisotopic (exact) mass is 245 g/mol. The molecule has 0 aliphatic rings. The Morgan fingerprint density at radius 3 is 3.00 bits per heavy atom. The number of nitrogens with zero attached hydrogens (tertiary/aromatic N) is 2. The largest absolute Gasteiger partial charge is 0.369 e. The molecular weight excluding hydrogens is 238 g/mol. The molecule has 1 heterocycles. The van der Waals surface area contributed by atoms with Gasteiger partial charge in [0.15, 0.2) is 0 Å². The number of hydrogen-bond acceptors (Lipinski definition) is 6. The van der Waals surface area contributed by atoms with Crippen LogP contribution < -0.4 is 5.73 Å². The van der Waals surface area contributed by atoms with Gasteiger partial charge in [0.05, 0.1) is 5.75 Å². The third-order valence-electron chi connectivity index (χ3n) is 1.28. The lowest BCUT2D eigenvalue weighted by molar-refractivity contribution is -0.115. The van der Waals surface area contributed by atoms with Crippen LogP contribution in [0.5, 0.6) is 0 Å². The molecule has 0 unspecified atom stereocenters. The highest BCUT2D eigenvalue weighted by molar-refractivity contribution is 8.02. The van der Waals surface area contributed by atoms with Gasteiger partial charge in [0.25, 0.3) is 0 Å². The fourth-order valence-corrected chi connectivity index (χ4v) is 3.17. The van der Waals surface area contributed by atoms with Gasteiger partial charge in [0, 0.05) is 0 Å². The highest BCUT2D eigenvalue weighted by Crippen LogP contribution is 2.32. The summed E-state index contributed by atoms with van der Waals surface area (Å²) in [4.78, 5) is 10.5. The number of rotatable bonds is 4. The van der Waals surface area contributed by atoms with Gasteiger partial charge in [-0.05, 0) is 17.8 Å². The first-order valence-corrected chi connectivity index (χ1v) is 6.52. The summed E-state index contributed by atoms with van der Waals surface area (Å²) in [7, 11) is 0. The third kappa shape index (κ3) is 2.64. The normalized spacial score (nSPS) is 9.71. The molecule has 0 saturated heterocycles. The molecule has 1 rings (SSSR count). The van der Waals surface area contributed by atoms with Gasteiger partial charge in [-0.3, -0.25) is 4.79 Å². The second-order valence-electron chi connectivity index (χ2n) is 2.22. The molecule has 1 amide bonds. The second-order valence-corrected chi connectivity index (χ2v) is 5.03. The van der Waals surface area contributed by atoms with E-state index in [1.807, 2.05) is 6.26 Å². The Bertz CT molecular complexity index is 382. The van der Waals surface area contributed by atoms with Crippen LogP contribution in [0, 0.1) is 11.3 Å². The maximum Gasteiger partial charge on any atom is 0.227 e. The summed E-state index contributed by atoms with van der Waals surface area (Å²) >= 11 is 3.91. The van der Waals surface area contributed by atoms with Gasteiger partial charge in [0.2, 0.25) is 5.91 Å². The number of nitrogens with two attached hydrogens (primary N) is 1. The molecule has 0 saturated carbocycles. The zero-order valence-electron chi connectivity index (χ0n) is 7.31. The smallest absolute Gasteiger partial charge is 0.227 e. The second kappa shape index (κ2) is 5.24. The molecule has 0 spiro atoms. The van der Waals surface area contributed by atoms with E-state index >= 15 is 0 Å². The lowest BCUT2D eigenvalue weighted by Crippen LogP contribution is -2.12. The summed E-state index contributed by atoms with van der Waals surface area (Å²) in [6.07, 6.45) is 1.86. The molecule has 4 nitrogen and oxygen atoms in total. The quantitative estimate of drug-likeness (QED) is 0.809. The Morgan fingerprint density at radius 2 is 2.50 bits per heavy atom. The van der Waals surface area contributed by atoms with Crippen molar-refractivity contribution in [1.29, 1.82) is 5.26 Å². The van der Waals surface area contributed by atoms with E-state index in [4.69, 9.17) is 11.0 Å². The molecule has 1 aromatic heterocycles. The van der Waals surface area contributed by atoms with Crippen LogP contribution in [0.1, 0.15) is 5.56 Å². The van der Waals surface area contributed by atoms with Crippen molar-refractivity contribution in [2.24, 2.45) is 5.73 Å². The molecule has 0 aliphatic heterocycles. The molecule has 0 bridgehead atoms. The van der Waals surface area contributed by atoms with Gasteiger partial charge < -0.3 is 5.73 Å². The molecule has 74 valence electrons. The van der Waals surface area contributed by atoms with Crippen LogP contribution in [0.3, 0.4) is 0 Å². The molecule has 7 heteroatoms. The Kier molecular flexibility index (Phi) is 4.25. The SMILES string of the molecule is CSc1nsc(SCC(N)=O)c1C#N. The van der Waals surface area contributed by atoms with Gasteiger partial charge in [-0.25, -0.2) is 0 Å². The number of carbonyl (C=O) groups is 1. The number of aromatic nitrogens is 1. The number of primary amides is 1. The Labute approximate surface area is 94.0 Å². The van der Waals surface area contributed by atoms with Crippen LogP contribution in [-0.4, -0.2) is 22.3 Å². The predicted molar refractivity (Wildman–Crippen MR) is 58.5 cm³/mol. The summed E-state index contributed by atoms with van der Waals surface area (Å²) in [5.74, 6) is -0.206. The average Bonchev–Trinajstić information content (AvgIpc) is 2.56. The van der Waals surface area contributed by atoms with E-state index in [1.165, 1.54) is 35.1 Å². The number of hydrogen-bond donors (Lipinski definition) is 1. The van der Waals surface area contributed by atoms with E-state index in [0.717, 1.165) is 4.21 Å². The van der Waals surface area contributed by atoms with Crippen molar-refractivity contribution < 1.29 is 4.79 Å². The first-order valence-electron chi connectivity index (χ1n) is 3.54. The van der Waals surface area contributed by atoms with Crippen LogP contribution in [0.2, 0.25) is 0 Å². The van der Waals surface area contributed by atoms with E-state index < -0.39 is 5.91 Å². The number of carbonyl (C=O) groups excluding carboxylic acids is 1. The van der Waals surface area contributed by atoms with Crippen molar-refractivity contribution >= 4 is 41.0 Å². The lowest BCUT2D eigenvalue weighted by atomic mass is 10.4. The standard InChI is InChI=1S/C7H7N3OS3/c1-12-6-4(2-8)7(14-10-6)13-3-5(9)11/h3H2,1H3,(H2,9,11). The van der Waals surface area contributed by atoms with E-state index in [0.29, 0.717) is 10.6 Å². The van der Waals surface area contributed by atoms with Crippen molar-refractivity contribution in [2.75, 3.05) is 12.0 Å². The predicted octanol–water partition coefficient (Wildman–Crippen LogP) is 1.31. The van der Waals surface area contributed by atoms with Crippen LogP contribution in [-0.2, 0) is 4.79 Å². The number of nitriles is 1. The minimum atomic E-state index is -0.391. The fourth-order valence-electron chi connectivity index (χ4n) is 0.730. The lowest BCUT2D eigenvalue weighted by Gasteiger charge is -1.93. The fraction of sp³-hybridized carbons (Fsp3) is 0.286.